The minimum absolute atomic E-state index is 0.0721. The zero-order valence-electron chi connectivity index (χ0n) is 12.3. The molecular formula is C15H22FNO3. The van der Waals surface area contributed by atoms with Gasteiger partial charge in [-0.1, -0.05) is 6.92 Å². The van der Waals surface area contributed by atoms with Gasteiger partial charge in [-0.25, -0.2) is 4.39 Å². The molecule has 1 amide bonds. The van der Waals surface area contributed by atoms with E-state index in [1.54, 1.807) is 6.92 Å². The van der Waals surface area contributed by atoms with Gasteiger partial charge in [0.1, 0.15) is 11.6 Å². The van der Waals surface area contributed by atoms with E-state index in [4.69, 9.17) is 4.74 Å². The molecule has 0 aliphatic carbocycles. The highest BCUT2D eigenvalue weighted by molar-refractivity contribution is 5.80. The summed E-state index contributed by atoms with van der Waals surface area (Å²) in [6, 6.07) is 4.24. The summed E-state index contributed by atoms with van der Waals surface area (Å²) in [4.78, 5) is 11.8. The van der Waals surface area contributed by atoms with Gasteiger partial charge in [0.15, 0.2) is 6.10 Å². The van der Waals surface area contributed by atoms with E-state index in [1.165, 1.54) is 25.1 Å². The highest BCUT2D eigenvalue weighted by Gasteiger charge is 2.17. The van der Waals surface area contributed by atoms with Crippen molar-refractivity contribution < 1.29 is 19.0 Å². The molecule has 112 valence electrons. The normalized spacial score (nSPS) is 15.3. The lowest BCUT2D eigenvalue weighted by molar-refractivity contribution is -0.127. The van der Waals surface area contributed by atoms with Crippen LogP contribution in [0.15, 0.2) is 18.2 Å². The first-order valence-corrected chi connectivity index (χ1v) is 6.79. The van der Waals surface area contributed by atoms with Gasteiger partial charge in [-0.2, -0.15) is 0 Å². The molecule has 0 fully saturated rings. The molecule has 0 aromatic heterocycles. The monoisotopic (exact) mass is 283 g/mol. The third kappa shape index (κ3) is 4.49. The number of amides is 1. The Morgan fingerprint density at radius 1 is 1.40 bits per heavy atom. The molecule has 1 aromatic rings. The van der Waals surface area contributed by atoms with Crippen molar-refractivity contribution in [2.45, 2.75) is 52.4 Å². The molecule has 0 spiro atoms. The minimum atomic E-state index is -0.879. The van der Waals surface area contributed by atoms with Crippen LogP contribution in [0.25, 0.3) is 0 Å². The van der Waals surface area contributed by atoms with Gasteiger partial charge in [0.05, 0.1) is 6.10 Å². The van der Waals surface area contributed by atoms with Crippen LogP contribution in [0.2, 0.25) is 0 Å². The highest BCUT2D eigenvalue weighted by atomic mass is 19.1. The molecule has 0 heterocycles. The second-order valence-corrected chi connectivity index (χ2v) is 4.94. The number of aliphatic hydroxyl groups excluding tert-OH is 1. The number of benzene rings is 1. The SMILES string of the molecule is CCC(C)NC(=O)C(C)Oc1ccc([C@H](C)O)c(F)c1. The van der Waals surface area contributed by atoms with E-state index in [0.717, 1.165) is 6.42 Å². The van der Waals surface area contributed by atoms with E-state index in [-0.39, 0.29) is 23.3 Å². The highest BCUT2D eigenvalue weighted by Crippen LogP contribution is 2.22. The summed E-state index contributed by atoms with van der Waals surface area (Å²) in [7, 11) is 0. The van der Waals surface area contributed by atoms with Gasteiger partial charge in [0.2, 0.25) is 0 Å². The zero-order chi connectivity index (χ0) is 15.3. The topological polar surface area (TPSA) is 58.6 Å². The summed E-state index contributed by atoms with van der Waals surface area (Å²) < 4.78 is 19.1. The summed E-state index contributed by atoms with van der Waals surface area (Å²) >= 11 is 0. The molecule has 1 rings (SSSR count). The first kappa shape index (κ1) is 16.4. The first-order valence-electron chi connectivity index (χ1n) is 6.79. The van der Waals surface area contributed by atoms with Crippen molar-refractivity contribution in [2.75, 3.05) is 0 Å². The van der Waals surface area contributed by atoms with E-state index in [1.807, 2.05) is 13.8 Å². The smallest absolute Gasteiger partial charge is 0.260 e. The third-order valence-corrected chi connectivity index (χ3v) is 3.11. The molecule has 5 heteroatoms. The fourth-order valence-corrected chi connectivity index (χ4v) is 1.64. The molecule has 0 radical (unpaired) electrons. The van der Waals surface area contributed by atoms with E-state index >= 15 is 0 Å². The Labute approximate surface area is 119 Å². The molecule has 0 aliphatic heterocycles. The Morgan fingerprint density at radius 3 is 2.55 bits per heavy atom. The second-order valence-electron chi connectivity index (χ2n) is 4.94. The molecule has 0 saturated carbocycles. The van der Waals surface area contributed by atoms with Crippen LogP contribution in [-0.4, -0.2) is 23.2 Å². The van der Waals surface area contributed by atoms with Crippen LogP contribution in [-0.2, 0) is 4.79 Å². The predicted molar refractivity (Wildman–Crippen MR) is 75.0 cm³/mol. The summed E-state index contributed by atoms with van der Waals surface area (Å²) in [6.45, 7) is 6.97. The summed E-state index contributed by atoms with van der Waals surface area (Å²) in [6.07, 6.45) is -0.758. The van der Waals surface area contributed by atoms with Crippen molar-refractivity contribution >= 4 is 5.91 Å². The molecule has 2 unspecified atom stereocenters. The lowest BCUT2D eigenvalue weighted by Crippen LogP contribution is -2.41. The second kappa shape index (κ2) is 7.24. The summed E-state index contributed by atoms with van der Waals surface area (Å²) in [5.41, 5.74) is 0.203. The number of nitrogens with one attached hydrogen (secondary N) is 1. The number of ether oxygens (including phenoxy) is 1. The molecule has 4 nitrogen and oxygen atoms in total. The van der Waals surface area contributed by atoms with E-state index in [9.17, 15) is 14.3 Å². The molecule has 2 N–H and O–H groups in total. The summed E-state index contributed by atoms with van der Waals surface area (Å²) in [5, 5.41) is 12.1. The van der Waals surface area contributed by atoms with E-state index in [0.29, 0.717) is 0 Å². The lowest BCUT2D eigenvalue weighted by Gasteiger charge is -2.18. The number of hydrogen-bond donors (Lipinski definition) is 2. The van der Waals surface area contributed by atoms with Crippen LogP contribution in [0, 0.1) is 5.82 Å². The van der Waals surface area contributed by atoms with Gasteiger partial charge in [0, 0.05) is 17.7 Å². The molecule has 3 atom stereocenters. The van der Waals surface area contributed by atoms with Crippen LogP contribution in [0.1, 0.15) is 45.8 Å². The van der Waals surface area contributed by atoms with E-state index in [2.05, 4.69) is 5.32 Å². The van der Waals surface area contributed by atoms with Gasteiger partial charge >= 0.3 is 0 Å². The van der Waals surface area contributed by atoms with Gasteiger partial charge in [-0.05, 0) is 39.3 Å². The molecule has 1 aromatic carbocycles. The molecule has 0 bridgehead atoms. The predicted octanol–water partition coefficient (Wildman–Crippen LogP) is 2.56. The van der Waals surface area contributed by atoms with Crippen LogP contribution >= 0.6 is 0 Å². The summed E-state index contributed by atoms with van der Waals surface area (Å²) in [5.74, 6) is -0.523. The maximum atomic E-state index is 13.7. The Bertz CT molecular complexity index is 462. The van der Waals surface area contributed by atoms with Crippen molar-refractivity contribution in [3.63, 3.8) is 0 Å². The molecule has 0 saturated heterocycles. The van der Waals surface area contributed by atoms with Crippen molar-refractivity contribution in [3.8, 4) is 5.75 Å². The number of hydrogen-bond acceptors (Lipinski definition) is 3. The zero-order valence-corrected chi connectivity index (χ0v) is 12.3. The first-order chi connectivity index (χ1) is 9.35. The fourth-order valence-electron chi connectivity index (χ4n) is 1.64. The third-order valence-electron chi connectivity index (χ3n) is 3.11. The number of carbonyl (C=O) groups is 1. The quantitative estimate of drug-likeness (QED) is 0.843. The van der Waals surface area contributed by atoms with Crippen molar-refractivity contribution in [1.82, 2.24) is 5.32 Å². The molecular weight excluding hydrogens is 261 g/mol. The maximum absolute atomic E-state index is 13.7. The Kier molecular flexibility index (Phi) is 5.95. The Balaban J connectivity index is 2.69. The number of rotatable bonds is 6. The van der Waals surface area contributed by atoms with Crippen LogP contribution < -0.4 is 10.1 Å². The lowest BCUT2D eigenvalue weighted by atomic mass is 10.1. The molecule has 0 aliphatic rings. The number of aliphatic hydroxyl groups is 1. The maximum Gasteiger partial charge on any atom is 0.260 e. The Hall–Kier alpha value is -1.62. The van der Waals surface area contributed by atoms with Crippen LogP contribution in [0.4, 0.5) is 4.39 Å². The fraction of sp³-hybridized carbons (Fsp3) is 0.533. The van der Waals surface area contributed by atoms with Crippen molar-refractivity contribution in [3.05, 3.63) is 29.6 Å². The number of halogens is 1. The van der Waals surface area contributed by atoms with E-state index < -0.39 is 18.0 Å². The van der Waals surface area contributed by atoms with Gasteiger partial charge < -0.3 is 15.2 Å². The van der Waals surface area contributed by atoms with Crippen molar-refractivity contribution in [2.24, 2.45) is 0 Å². The van der Waals surface area contributed by atoms with Gasteiger partial charge in [0.25, 0.3) is 5.91 Å². The standard InChI is InChI=1S/C15H22FNO3/c1-5-9(2)17-15(19)11(4)20-12-6-7-13(10(3)18)14(16)8-12/h6-11,18H,5H2,1-4H3,(H,17,19)/t9?,10-,11?/m0/s1. The van der Waals surface area contributed by atoms with Gasteiger partial charge in [-0.3, -0.25) is 4.79 Å². The minimum Gasteiger partial charge on any atom is -0.481 e. The van der Waals surface area contributed by atoms with Crippen molar-refractivity contribution in [1.29, 1.82) is 0 Å². The van der Waals surface area contributed by atoms with Crippen LogP contribution in [0.5, 0.6) is 5.75 Å². The Morgan fingerprint density at radius 2 is 2.05 bits per heavy atom. The average Bonchev–Trinajstić information content (AvgIpc) is 2.37. The number of carbonyl (C=O) groups excluding carboxylic acids is 1. The average molecular weight is 283 g/mol. The molecule has 20 heavy (non-hydrogen) atoms. The van der Waals surface area contributed by atoms with Gasteiger partial charge in [-0.15, -0.1) is 0 Å². The largest absolute Gasteiger partial charge is 0.481 e. The van der Waals surface area contributed by atoms with Crippen LogP contribution in [0.3, 0.4) is 0 Å².